The fraction of sp³-hybridized carbons (Fsp3) is 0. The Labute approximate surface area is 99.9 Å². The number of hydrogen-bond donors (Lipinski definition) is 1. The molecule has 3 aromatic heterocycles. The number of pyridine rings is 1. The minimum absolute atomic E-state index is 0.171. The first-order chi connectivity index (χ1) is 8.25. The first-order valence-electron chi connectivity index (χ1n) is 4.79. The molecule has 0 aliphatic rings. The number of rotatable bonds is 1. The molecule has 0 fully saturated rings. The van der Waals surface area contributed by atoms with Crippen LogP contribution in [-0.2, 0) is 0 Å². The molecule has 3 aromatic rings. The van der Waals surface area contributed by atoms with Gasteiger partial charge in [0.1, 0.15) is 5.15 Å². The van der Waals surface area contributed by atoms with E-state index in [4.69, 9.17) is 11.6 Å². The average Bonchev–Trinajstić information content (AvgIpc) is 2.75. The monoisotopic (exact) mass is 247 g/mol. The largest absolute Gasteiger partial charge is 0.328 e. The van der Waals surface area contributed by atoms with E-state index in [-0.39, 0.29) is 5.56 Å². The second kappa shape index (κ2) is 3.67. The Morgan fingerprint density at radius 3 is 2.88 bits per heavy atom. The van der Waals surface area contributed by atoms with Crippen LogP contribution in [0.2, 0.25) is 5.15 Å². The van der Waals surface area contributed by atoms with E-state index in [0.717, 1.165) is 5.56 Å². The summed E-state index contributed by atoms with van der Waals surface area (Å²) < 4.78 is 1.65. The Morgan fingerprint density at radius 2 is 2.12 bits per heavy atom. The van der Waals surface area contributed by atoms with Crippen molar-refractivity contribution in [2.24, 2.45) is 0 Å². The van der Waals surface area contributed by atoms with Gasteiger partial charge >= 0.3 is 0 Å². The maximum Gasteiger partial charge on any atom is 0.247 e. The maximum absolute atomic E-state index is 11.0. The van der Waals surface area contributed by atoms with Crippen LogP contribution in [0.1, 0.15) is 0 Å². The predicted molar refractivity (Wildman–Crippen MR) is 61.8 cm³/mol. The summed E-state index contributed by atoms with van der Waals surface area (Å²) in [5, 5.41) is 8.39. The molecule has 0 amide bonds. The van der Waals surface area contributed by atoms with Crippen LogP contribution in [0.4, 0.5) is 0 Å². The third-order valence-corrected chi connectivity index (χ3v) is 2.58. The van der Waals surface area contributed by atoms with Crippen LogP contribution in [-0.4, -0.2) is 24.6 Å². The van der Waals surface area contributed by atoms with E-state index < -0.39 is 0 Å². The fourth-order valence-electron chi connectivity index (χ4n) is 1.55. The lowest BCUT2D eigenvalue weighted by molar-refractivity contribution is 1.10. The van der Waals surface area contributed by atoms with E-state index in [1.54, 1.807) is 22.9 Å². The highest BCUT2D eigenvalue weighted by molar-refractivity contribution is 6.29. The summed E-state index contributed by atoms with van der Waals surface area (Å²) in [7, 11) is 0. The summed E-state index contributed by atoms with van der Waals surface area (Å²) in [6, 6.07) is 3.08. The summed E-state index contributed by atoms with van der Waals surface area (Å²) in [5.74, 6) is 0.559. The van der Waals surface area contributed by atoms with Crippen molar-refractivity contribution in [1.82, 2.24) is 24.6 Å². The molecule has 0 atom stereocenters. The molecule has 0 bridgehead atoms. The summed E-state index contributed by atoms with van der Waals surface area (Å²) in [4.78, 5) is 17.5. The first-order valence-corrected chi connectivity index (χ1v) is 5.17. The Balaban J connectivity index is 2.31. The van der Waals surface area contributed by atoms with Crippen LogP contribution in [0.5, 0.6) is 0 Å². The number of fused-ring (bicyclic) bond motifs is 1. The molecule has 0 spiro atoms. The van der Waals surface area contributed by atoms with Gasteiger partial charge in [0.05, 0.1) is 12.4 Å². The number of halogens is 1. The third kappa shape index (κ3) is 1.58. The highest BCUT2D eigenvalue weighted by atomic mass is 35.5. The average molecular weight is 248 g/mol. The molecule has 3 heterocycles. The van der Waals surface area contributed by atoms with Gasteiger partial charge in [-0.25, -0.2) is 0 Å². The minimum atomic E-state index is -0.171. The summed E-state index contributed by atoms with van der Waals surface area (Å²) in [6.07, 6.45) is 4.64. The summed E-state index contributed by atoms with van der Waals surface area (Å²) in [5.41, 5.74) is 1.11. The predicted octanol–water partition coefficient (Wildman–Crippen LogP) is 1.13. The van der Waals surface area contributed by atoms with Gasteiger partial charge in [-0.1, -0.05) is 11.6 Å². The zero-order valence-electron chi connectivity index (χ0n) is 8.46. The van der Waals surface area contributed by atoms with Crippen LogP contribution in [0.25, 0.3) is 17.0 Å². The topological polar surface area (TPSA) is 75.9 Å². The number of hydrogen-bond acceptors (Lipinski definition) is 4. The van der Waals surface area contributed by atoms with Crippen molar-refractivity contribution < 1.29 is 0 Å². The normalized spacial score (nSPS) is 10.9. The molecule has 0 radical (unpaired) electrons. The second-order valence-corrected chi connectivity index (χ2v) is 3.78. The van der Waals surface area contributed by atoms with Crippen molar-refractivity contribution in [2.45, 2.75) is 0 Å². The smallest absolute Gasteiger partial charge is 0.247 e. The van der Waals surface area contributed by atoms with Crippen molar-refractivity contribution in [3.8, 4) is 11.4 Å². The molecule has 3 rings (SSSR count). The van der Waals surface area contributed by atoms with Gasteiger partial charge in [-0.05, 0) is 6.07 Å². The zero-order valence-corrected chi connectivity index (χ0v) is 9.22. The van der Waals surface area contributed by atoms with Crippen LogP contribution < -0.4 is 5.56 Å². The van der Waals surface area contributed by atoms with Crippen molar-refractivity contribution in [2.75, 3.05) is 0 Å². The summed E-state index contributed by atoms with van der Waals surface area (Å²) >= 11 is 6.03. The van der Waals surface area contributed by atoms with Gasteiger partial charge in [0.25, 0.3) is 0 Å². The van der Waals surface area contributed by atoms with E-state index in [9.17, 15) is 4.79 Å². The second-order valence-electron chi connectivity index (χ2n) is 3.39. The highest BCUT2D eigenvalue weighted by Gasteiger charge is 2.10. The lowest BCUT2D eigenvalue weighted by Crippen LogP contribution is -2.02. The van der Waals surface area contributed by atoms with Crippen molar-refractivity contribution in [3.05, 3.63) is 46.2 Å². The van der Waals surface area contributed by atoms with Crippen molar-refractivity contribution in [3.63, 3.8) is 0 Å². The third-order valence-electron chi connectivity index (χ3n) is 2.32. The fourth-order valence-corrected chi connectivity index (χ4v) is 1.77. The quantitative estimate of drug-likeness (QED) is 0.699. The van der Waals surface area contributed by atoms with Crippen LogP contribution in [0.15, 0.2) is 35.5 Å². The molecule has 1 N–H and O–H groups in total. The number of nitrogens with zero attached hydrogens (tertiary/aromatic N) is 4. The van der Waals surface area contributed by atoms with E-state index in [0.29, 0.717) is 16.6 Å². The van der Waals surface area contributed by atoms with Gasteiger partial charge in [0, 0.05) is 17.8 Å². The number of H-pyrrole nitrogens is 1. The van der Waals surface area contributed by atoms with Crippen LogP contribution in [0, 0.1) is 0 Å². The number of aromatic amines is 1. The number of nitrogens with one attached hydrogen (secondary N) is 1. The van der Waals surface area contributed by atoms with E-state index in [1.807, 2.05) is 0 Å². The molecule has 17 heavy (non-hydrogen) atoms. The highest BCUT2D eigenvalue weighted by Crippen LogP contribution is 2.19. The lowest BCUT2D eigenvalue weighted by atomic mass is 10.3. The Morgan fingerprint density at radius 1 is 1.24 bits per heavy atom. The maximum atomic E-state index is 11.0. The Kier molecular flexibility index (Phi) is 2.15. The lowest BCUT2D eigenvalue weighted by Gasteiger charge is -2.00. The van der Waals surface area contributed by atoms with Crippen molar-refractivity contribution >= 4 is 17.2 Å². The van der Waals surface area contributed by atoms with Gasteiger partial charge in [0.15, 0.2) is 11.5 Å². The molecule has 7 heteroatoms. The molecule has 6 nitrogen and oxygen atoms in total. The van der Waals surface area contributed by atoms with Gasteiger partial charge in [-0.2, -0.15) is 0 Å². The van der Waals surface area contributed by atoms with E-state index >= 15 is 0 Å². The standard InChI is InChI=1S/C10H6ClN5O/c11-7-4-12-5-8-14-15-10(16(7)8)6-1-2-9(17)13-3-6/h1-5H,(H,13,17). The van der Waals surface area contributed by atoms with Crippen LogP contribution >= 0.6 is 11.6 Å². The van der Waals surface area contributed by atoms with Gasteiger partial charge in [-0.3, -0.25) is 14.2 Å². The molecule has 0 saturated carbocycles. The SMILES string of the molecule is O=c1ccc(-c2nnc3cncc(Cl)n23)c[nH]1. The molecule has 0 aliphatic carbocycles. The van der Waals surface area contributed by atoms with Crippen molar-refractivity contribution in [1.29, 1.82) is 0 Å². The van der Waals surface area contributed by atoms with Gasteiger partial charge in [-0.15, -0.1) is 10.2 Å². The summed E-state index contributed by atoms with van der Waals surface area (Å²) in [6.45, 7) is 0. The van der Waals surface area contributed by atoms with Gasteiger partial charge in [0.2, 0.25) is 5.56 Å². The molecule has 0 saturated heterocycles. The number of aromatic nitrogens is 5. The van der Waals surface area contributed by atoms with Gasteiger partial charge < -0.3 is 4.98 Å². The Bertz CT molecular complexity index is 727. The molecular weight excluding hydrogens is 242 g/mol. The van der Waals surface area contributed by atoms with Crippen LogP contribution in [0.3, 0.4) is 0 Å². The molecule has 0 unspecified atom stereocenters. The minimum Gasteiger partial charge on any atom is -0.328 e. The first kappa shape index (κ1) is 9.98. The molecule has 0 aliphatic heterocycles. The molecule has 0 aromatic carbocycles. The molecule has 84 valence electrons. The Hall–Kier alpha value is -2.21. The zero-order chi connectivity index (χ0) is 11.8. The van der Waals surface area contributed by atoms with E-state index in [2.05, 4.69) is 20.2 Å². The van der Waals surface area contributed by atoms with E-state index in [1.165, 1.54) is 12.3 Å². The molecular formula is C10H6ClN5O.